The van der Waals surface area contributed by atoms with Gasteiger partial charge in [-0.3, -0.25) is 14.7 Å². The molecular formula is C28H36N4O. The van der Waals surface area contributed by atoms with Gasteiger partial charge >= 0.3 is 0 Å². The number of likely N-dealkylation sites (tertiary alicyclic amines) is 1. The predicted octanol–water partition coefficient (Wildman–Crippen LogP) is 5.46. The zero-order valence-electron chi connectivity index (χ0n) is 20.4. The molecule has 1 saturated heterocycles. The van der Waals surface area contributed by atoms with Gasteiger partial charge in [0, 0.05) is 40.8 Å². The van der Waals surface area contributed by atoms with Crippen molar-refractivity contribution in [3.05, 3.63) is 52.8 Å². The van der Waals surface area contributed by atoms with Crippen LogP contribution in [0, 0.1) is 6.92 Å². The van der Waals surface area contributed by atoms with Crippen molar-refractivity contribution in [2.24, 2.45) is 0 Å². The zero-order valence-corrected chi connectivity index (χ0v) is 20.4. The van der Waals surface area contributed by atoms with Crippen LogP contribution in [0.15, 0.2) is 30.3 Å². The molecule has 5 rings (SSSR count). The van der Waals surface area contributed by atoms with Crippen molar-refractivity contribution in [3.8, 4) is 11.3 Å². The maximum atomic E-state index is 11.7. The number of fused-ring (bicyclic) bond motifs is 1. The number of aromatic nitrogens is 2. The van der Waals surface area contributed by atoms with Gasteiger partial charge in [0.05, 0.1) is 12.2 Å². The molecule has 0 radical (unpaired) electrons. The van der Waals surface area contributed by atoms with Gasteiger partial charge in [-0.1, -0.05) is 19.9 Å². The summed E-state index contributed by atoms with van der Waals surface area (Å²) in [6.45, 7) is 9.17. The van der Waals surface area contributed by atoms with E-state index in [1.807, 2.05) is 0 Å². The molecule has 2 aromatic heterocycles. The number of aromatic amines is 1. The summed E-state index contributed by atoms with van der Waals surface area (Å²) in [5.74, 6) is 1.73. The first kappa shape index (κ1) is 22.1. The van der Waals surface area contributed by atoms with Gasteiger partial charge in [-0.15, -0.1) is 0 Å². The monoisotopic (exact) mass is 444 g/mol. The van der Waals surface area contributed by atoms with E-state index in [0.29, 0.717) is 24.3 Å². The molecule has 1 aliphatic heterocycles. The lowest BCUT2D eigenvalue weighted by Crippen LogP contribution is -2.40. The predicted molar refractivity (Wildman–Crippen MR) is 135 cm³/mol. The third kappa shape index (κ3) is 4.56. The summed E-state index contributed by atoms with van der Waals surface area (Å²) in [6.07, 6.45) is 4.74. The number of hydrogen-bond donors (Lipinski definition) is 2. The highest BCUT2D eigenvalue weighted by Gasteiger charge is 2.27. The van der Waals surface area contributed by atoms with E-state index in [9.17, 15) is 4.79 Å². The number of benzene rings is 1. The van der Waals surface area contributed by atoms with E-state index < -0.39 is 0 Å². The number of likely N-dealkylation sites (N-methyl/N-ethyl adjacent to an activating group) is 1. The number of nitrogens with zero attached hydrogens (tertiary/aromatic N) is 2. The molecule has 2 fully saturated rings. The lowest BCUT2D eigenvalue weighted by molar-refractivity contribution is -0.122. The standard InChI is InChI=1S/C28H36N4O/c1-17(2)27-23-14-21(19-9-11-32(12-10-19)16-26(33)29-4)7-8-24(23)31-28(27)22-13-18(3)30-25(15-22)20-5-6-20/h7-8,13-15,17,19-20,31H,5-6,9-12,16H2,1-4H3,(H,29,33). The minimum atomic E-state index is 0.104. The number of nitrogens with one attached hydrogen (secondary N) is 2. The summed E-state index contributed by atoms with van der Waals surface area (Å²) < 4.78 is 0. The first-order chi connectivity index (χ1) is 15.9. The van der Waals surface area contributed by atoms with Crippen molar-refractivity contribution >= 4 is 16.8 Å². The molecule has 1 aliphatic carbocycles. The van der Waals surface area contributed by atoms with Crippen LogP contribution in [-0.2, 0) is 4.79 Å². The van der Waals surface area contributed by atoms with Gasteiger partial charge in [-0.05, 0) is 92.9 Å². The van der Waals surface area contributed by atoms with E-state index in [0.717, 1.165) is 31.6 Å². The van der Waals surface area contributed by atoms with Gasteiger partial charge in [0.25, 0.3) is 0 Å². The Balaban J connectivity index is 1.46. The summed E-state index contributed by atoms with van der Waals surface area (Å²) in [5.41, 5.74) is 8.94. The summed E-state index contributed by atoms with van der Waals surface area (Å²) in [6, 6.07) is 11.5. The van der Waals surface area contributed by atoms with Crippen LogP contribution in [0.3, 0.4) is 0 Å². The molecule has 3 heterocycles. The van der Waals surface area contributed by atoms with Crippen LogP contribution < -0.4 is 5.32 Å². The van der Waals surface area contributed by atoms with Crippen LogP contribution in [0.4, 0.5) is 0 Å². The van der Waals surface area contributed by atoms with Crippen LogP contribution >= 0.6 is 0 Å². The molecule has 2 aliphatic rings. The highest BCUT2D eigenvalue weighted by atomic mass is 16.1. The Morgan fingerprint density at radius 1 is 1.12 bits per heavy atom. The molecule has 5 heteroatoms. The topological polar surface area (TPSA) is 61.0 Å². The van der Waals surface area contributed by atoms with Crippen LogP contribution in [0.2, 0.25) is 0 Å². The number of carbonyl (C=O) groups excluding carboxylic acids is 1. The van der Waals surface area contributed by atoms with E-state index in [2.05, 4.69) is 66.3 Å². The van der Waals surface area contributed by atoms with E-state index >= 15 is 0 Å². The second-order valence-corrected chi connectivity index (χ2v) is 10.3. The number of hydrogen-bond acceptors (Lipinski definition) is 3. The fourth-order valence-electron chi connectivity index (χ4n) is 5.45. The van der Waals surface area contributed by atoms with E-state index in [-0.39, 0.29) is 5.91 Å². The van der Waals surface area contributed by atoms with Gasteiger partial charge in [0.15, 0.2) is 0 Å². The molecule has 0 unspecified atom stereocenters. The number of piperidine rings is 1. The number of H-pyrrole nitrogens is 1. The Bertz CT molecular complexity index is 1170. The van der Waals surface area contributed by atoms with Crippen molar-refractivity contribution in [3.63, 3.8) is 0 Å². The highest BCUT2D eigenvalue weighted by Crippen LogP contribution is 2.42. The zero-order chi connectivity index (χ0) is 23.1. The molecule has 174 valence electrons. The number of pyridine rings is 1. The van der Waals surface area contributed by atoms with Crippen molar-refractivity contribution in [1.29, 1.82) is 0 Å². The van der Waals surface area contributed by atoms with Crippen molar-refractivity contribution < 1.29 is 4.79 Å². The largest absolute Gasteiger partial charge is 0.358 e. The minimum Gasteiger partial charge on any atom is -0.358 e. The maximum Gasteiger partial charge on any atom is 0.233 e. The second-order valence-electron chi connectivity index (χ2n) is 10.3. The van der Waals surface area contributed by atoms with Gasteiger partial charge < -0.3 is 10.3 Å². The maximum absolute atomic E-state index is 11.7. The fourth-order valence-corrected chi connectivity index (χ4v) is 5.45. The van der Waals surface area contributed by atoms with Gasteiger partial charge in [0.2, 0.25) is 5.91 Å². The number of rotatable bonds is 6. The molecule has 1 saturated carbocycles. The Morgan fingerprint density at radius 2 is 1.88 bits per heavy atom. The normalized spacial score (nSPS) is 17.7. The van der Waals surface area contributed by atoms with Crippen LogP contribution in [0.25, 0.3) is 22.2 Å². The second kappa shape index (κ2) is 8.94. The highest BCUT2D eigenvalue weighted by molar-refractivity contribution is 5.92. The Labute approximate surface area is 197 Å². The Morgan fingerprint density at radius 3 is 2.55 bits per heavy atom. The fraction of sp³-hybridized carbons (Fsp3) is 0.500. The van der Waals surface area contributed by atoms with E-state index in [4.69, 9.17) is 4.98 Å². The summed E-state index contributed by atoms with van der Waals surface area (Å²) in [7, 11) is 1.71. The first-order valence-electron chi connectivity index (χ1n) is 12.5. The Hall–Kier alpha value is -2.66. The first-order valence-corrected chi connectivity index (χ1v) is 12.5. The lowest BCUT2D eigenvalue weighted by atomic mass is 9.87. The van der Waals surface area contributed by atoms with Crippen LogP contribution in [0.5, 0.6) is 0 Å². The van der Waals surface area contributed by atoms with Gasteiger partial charge in [-0.25, -0.2) is 0 Å². The number of carbonyl (C=O) groups is 1. The van der Waals surface area contributed by atoms with Crippen molar-refractivity contribution in [2.45, 2.75) is 64.2 Å². The molecule has 3 aromatic rings. The molecule has 0 atom stereocenters. The average molecular weight is 445 g/mol. The molecule has 33 heavy (non-hydrogen) atoms. The quantitative estimate of drug-likeness (QED) is 0.530. The molecule has 1 aromatic carbocycles. The van der Waals surface area contributed by atoms with Crippen molar-refractivity contribution in [2.75, 3.05) is 26.7 Å². The third-order valence-corrected chi connectivity index (χ3v) is 7.40. The van der Waals surface area contributed by atoms with Crippen LogP contribution in [0.1, 0.15) is 79.8 Å². The summed E-state index contributed by atoms with van der Waals surface area (Å²) >= 11 is 0. The number of aryl methyl sites for hydroxylation is 1. The van der Waals surface area contributed by atoms with E-state index in [1.54, 1.807) is 7.05 Å². The molecule has 5 nitrogen and oxygen atoms in total. The lowest BCUT2D eigenvalue weighted by Gasteiger charge is -2.31. The van der Waals surface area contributed by atoms with Crippen molar-refractivity contribution in [1.82, 2.24) is 20.2 Å². The molecule has 0 bridgehead atoms. The molecule has 0 spiro atoms. The smallest absolute Gasteiger partial charge is 0.233 e. The van der Waals surface area contributed by atoms with Gasteiger partial charge in [0.1, 0.15) is 0 Å². The summed E-state index contributed by atoms with van der Waals surface area (Å²) in [4.78, 5) is 22.6. The van der Waals surface area contributed by atoms with Crippen LogP contribution in [-0.4, -0.2) is 47.5 Å². The summed E-state index contributed by atoms with van der Waals surface area (Å²) in [5, 5.41) is 4.09. The molecular weight excluding hydrogens is 408 g/mol. The molecule has 1 amide bonds. The van der Waals surface area contributed by atoms with E-state index in [1.165, 1.54) is 51.8 Å². The minimum absolute atomic E-state index is 0.104. The average Bonchev–Trinajstić information content (AvgIpc) is 3.58. The Kier molecular flexibility index (Phi) is 6.00. The van der Waals surface area contributed by atoms with Gasteiger partial charge in [-0.2, -0.15) is 0 Å². The third-order valence-electron chi connectivity index (χ3n) is 7.40. The molecule has 2 N–H and O–H groups in total. The SMILES string of the molecule is CNC(=O)CN1CCC(c2ccc3[nH]c(-c4cc(C)nc(C5CC5)c4)c(C(C)C)c3c2)CC1. The number of amides is 1.